The summed E-state index contributed by atoms with van der Waals surface area (Å²) >= 11 is 1.87. The second kappa shape index (κ2) is 3.97. The lowest BCUT2D eigenvalue weighted by Gasteiger charge is -1.98. The molecular formula is C17H13NS. The summed E-state index contributed by atoms with van der Waals surface area (Å²) in [5.41, 5.74) is 2.61. The molecule has 19 heavy (non-hydrogen) atoms. The lowest BCUT2D eigenvalue weighted by atomic mass is 10.1. The van der Waals surface area contributed by atoms with Crippen molar-refractivity contribution in [1.29, 1.82) is 0 Å². The standard InChI is InChI=1S/C17H13NS/c1-18-15-10-6-5-9-13(15)14-11-16(19-17(14)18)12-7-3-2-4-8-12/h2-11H,1H3. The number of aryl methyl sites for hydroxylation is 1. The monoisotopic (exact) mass is 263 g/mol. The number of fused-ring (bicyclic) bond motifs is 3. The van der Waals surface area contributed by atoms with E-state index in [1.165, 1.54) is 31.6 Å². The average Bonchev–Trinajstić information content (AvgIpc) is 3.01. The topological polar surface area (TPSA) is 4.93 Å². The number of aromatic nitrogens is 1. The molecule has 0 amide bonds. The van der Waals surface area contributed by atoms with Crippen LogP contribution in [0.2, 0.25) is 0 Å². The Bertz CT molecular complexity index is 868. The van der Waals surface area contributed by atoms with E-state index in [9.17, 15) is 0 Å². The van der Waals surface area contributed by atoms with Gasteiger partial charge in [-0.25, -0.2) is 0 Å². The molecule has 0 unspecified atom stereocenters. The smallest absolute Gasteiger partial charge is 0.104 e. The first-order valence-electron chi connectivity index (χ1n) is 6.37. The number of nitrogens with zero attached hydrogens (tertiary/aromatic N) is 1. The molecular weight excluding hydrogens is 250 g/mol. The molecule has 0 aliphatic heterocycles. The molecule has 0 aliphatic carbocycles. The zero-order chi connectivity index (χ0) is 12.8. The van der Waals surface area contributed by atoms with E-state index >= 15 is 0 Å². The van der Waals surface area contributed by atoms with Gasteiger partial charge in [0, 0.05) is 28.2 Å². The minimum atomic E-state index is 1.30. The average molecular weight is 263 g/mol. The van der Waals surface area contributed by atoms with Gasteiger partial charge in [0.1, 0.15) is 4.83 Å². The van der Waals surface area contributed by atoms with E-state index in [0.29, 0.717) is 0 Å². The first kappa shape index (κ1) is 10.8. The summed E-state index contributed by atoms with van der Waals surface area (Å²) in [5, 5.41) is 2.71. The van der Waals surface area contributed by atoms with E-state index in [0.717, 1.165) is 0 Å². The van der Waals surface area contributed by atoms with Crippen molar-refractivity contribution >= 4 is 32.5 Å². The summed E-state index contributed by atoms with van der Waals surface area (Å²) in [5.74, 6) is 0. The number of hydrogen-bond acceptors (Lipinski definition) is 1. The molecule has 0 atom stereocenters. The van der Waals surface area contributed by atoms with Gasteiger partial charge < -0.3 is 4.57 Å². The van der Waals surface area contributed by atoms with Gasteiger partial charge in [-0.1, -0.05) is 48.5 Å². The first-order valence-corrected chi connectivity index (χ1v) is 7.18. The van der Waals surface area contributed by atoms with E-state index in [-0.39, 0.29) is 0 Å². The van der Waals surface area contributed by atoms with Crippen LogP contribution in [0.15, 0.2) is 60.7 Å². The van der Waals surface area contributed by atoms with Gasteiger partial charge in [-0.05, 0) is 17.7 Å². The second-order valence-electron chi connectivity index (χ2n) is 4.77. The molecule has 0 bridgehead atoms. The van der Waals surface area contributed by atoms with Gasteiger partial charge in [-0.2, -0.15) is 0 Å². The molecule has 2 aromatic heterocycles. The van der Waals surface area contributed by atoms with Gasteiger partial charge in [0.2, 0.25) is 0 Å². The fourth-order valence-corrected chi connectivity index (χ4v) is 3.82. The summed E-state index contributed by atoms with van der Waals surface area (Å²) in [4.78, 5) is 2.69. The SMILES string of the molecule is Cn1c2ccccc2c2cc(-c3ccccc3)sc21. The van der Waals surface area contributed by atoms with Crippen LogP contribution in [0.5, 0.6) is 0 Å². The van der Waals surface area contributed by atoms with Crippen LogP contribution in [0, 0.1) is 0 Å². The molecule has 2 heteroatoms. The molecule has 0 spiro atoms. The molecule has 0 saturated heterocycles. The highest BCUT2D eigenvalue weighted by molar-refractivity contribution is 7.22. The Morgan fingerprint density at radius 2 is 1.58 bits per heavy atom. The van der Waals surface area contributed by atoms with Gasteiger partial charge in [-0.3, -0.25) is 0 Å². The van der Waals surface area contributed by atoms with Crippen molar-refractivity contribution in [1.82, 2.24) is 4.57 Å². The molecule has 0 radical (unpaired) electrons. The Balaban J connectivity index is 2.05. The number of benzene rings is 2. The Kier molecular flexibility index (Phi) is 2.26. The Morgan fingerprint density at radius 3 is 2.42 bits per heavy atom. The molecule has 2 heterocycles. The largest absolute Gasteiger partial charge is 0.335 e. The van der Waals surface area contributed by atoms with Gasteiger partial charge in [0.25, 0.3) is 0 Å². The Hall–Kier alpha value is -2.06. The van der Waals surface area contributed by atoms with Gasteiger partial charge in [0.15, 0.2) is 0 Å². The Labute approximate surface area is 115 Å². The predicted molar refractivity (Wildman–Crippen MR) is 83.7 cm³/mol. The fraction of sp³-hybridized carbons (Fsp3) is 0.0588. The van der Waals surface area contributed by atoms with Gasteiger partial charge in [0.05, 0.1) is 0 Å². The van der Waals surface area contributed by atoms with Crippen molar-refractivity contribution in [2.24, 2.45) is 7.05 Å². The van der Waals surface area contributed by atoms with Crippen molar-refractivity contribution in [3.63, 3.8) is 0 Å². The lowest BCUT2D eigenvalue weighted by molar-refractivity contribution is 1.02. The maximum Gasteiger partial charge on any atom is 0.104 e. The molecule has 0 aliphatic rings. The molecule has 1 nitrogen and oxygen atoms in total. The zero-order valence-corrected chi connectivity index (χ0v) is 11.4. The second-order valence-corrected chi connectivity index (χ2v) is 5.80. The van der Waals surface area contributed by atoms with Crippen LogP contribution in [0.3, 0.4) is 0 Å². The van der Waals surface area contributed by atoms with Gasteiger partial charge in [-0.15, -0.1) is 11.3 Å². The van der Waals surface area contributed by atoms with E-state index in [1.807, 2.05) is 11.3 Å². The lowest BCUT2D eigenvalue weighted by Crippen LogP contribution is -1.83. The third kappa shape index (κ3) is 1.53. The van der Waals surface area contributed by atoms with Crippen molar-refractivity contribution in [2.45, 2.75) is 0 Å². The number of thiophene rings is 1. The van der Waals surface area contributed by atoms with E-state index in [4.69, 9.17) is 0 Å². The van der Waals surface area contributed by atoms with Crippen molar-refractivity contribution in [3.8, 4) is 10.4 Å². The maximum atomic E-state index is 2.32. The zero-order valence-electron chi connectivity index (χ0n) is 10.6. The summed E-state index contributed by atoms with van der Waals surface area (Å²) < 4.78 is 2.29. The highest BCUT2D eigenvalue weighted by Crippen LogP contribution is 2.38. The minimum absolute atomic E-state index is 1.30. The fourth-order valence-electron chi connectivity index (χ4n) is 2.67. The van der Waals surface area contributed by atoms with Crippen molar-refractivity contribution in [3.05, 3.63) is 60.7 Å². The molecule has 0 saturated carbocycles. The number of para-hydroxylation sites is 1. The van der Waals surface area contributed by atoms with Crippen LogP contribution < -0.4 is 0 Å². The highest BCUT2D eigenvalue weighted by atomic mass is 32.1. The minimum Gasteiger partial charge on any atom is -0.335 e. The molecule has 92 valence electrons. The van der Waals surface area contributed by atoms with E-state index < -0.39 is 0 Å². The number of hydrogen-bond donors (Lipinski definition) is 0. The number of rotatable bonds is 1. The van der Waals surface area contributed by atoms with Crippen LogP contribution in [0.4, 0.5) is 0 Å². The summed E-state index contributed by atoms with van der Waals surface area (Å²) in [6.45, 7) is 0. The van der Waals surface area contributed by atoms with Crippen LogP contribution in [-0.4, -0.2) is 4.57 Å². The molecule has 4 aromatic rings. The van der Waals surface area contributed by atoms with Crippen molar-refractivity contribution < 1.29 is 0 Å². The van der Waals surface area contributed by atoms with Crippen LogP contribution in [0.1, 0.15) is 0 Å². The molecule has 0 N–H and O–H groups in total. The Morgan fingerprint density at radius 1 is 0.842 bits per heavy atom. The maximum absolute atomic E-state index is 2.32. The summed E-state index contributed by atoms with van der Waals surface area (Å²) in [7, 11) is 2.15. The van der Waals surface area contributed by atoms with Crippen LogP contribution in [0.25, 0.3) is 31.6 Å². The van der Waals surface area contributed by atoms with E-state index in [2.05, 4.69) is 72.3 Å². The third-order valence-electron chi connectivity index (χ3n) is 3.63. The first-order chi connectivity index (χ1) is 9.34. The summed E-state index contributed by atoms with van der Waals surface area (Å²) in [6.07, 6.45) is 0. The van der Waals surface area contributed by atoms with Crippen LogP contribution >= 0.6 is 11.3 Å². The summed E-state index contributed by atoms with van der Waals surface area (Å²) in [6, 6.07) is 21.5. The molecule has 4 rings (SSSR count). The normalized spacial score (nSPS) is 11.4. The van der Waals surface area contributed by atoms with E-state index in [1.54, 1.807) is 0 Å². The quantitative estimate of drug-likeness (QED) is 0.452. The van der Waals surface area contributed by atoms with Crippen molar-refractivity contribution in [2.75, 3.05) is 0 Å². The predicted octanol–water partition coefficient (Wildman–Crippen LogP) is 5.06. The highest BCUT2D eigenvalue weighted by Gasteiger charge is 2.12. The third-order valence-corrected chi connectivity index (χ3v) is 4.89. The molecule has 0 fully saturated rings. The molecule has 2 aromatic carbocycles. The van der Waals surface area contributed by atoms with Crippen LogP contribution in [-0.2, 0) is 7.05 Å². The van der Waals surface area contributed by atoms with Gasteiger partial charge >= 0.3 is 0 Å².